The number of hydrogen-bond donors (Lipinski definition) is 2. The monoisotopic (exact) mass is 193 g/mol. The summed E-state index contributed by atoms with van der Waals surface area (Å²) in [5.41, 5.74) is 7.20. The predicted octanol–water partition coefficient (Wildman–Crippen LogP) is 0.0698. The van der Waals surface area contributed by atoms with Gasteiger partial charge in [0.15, 0.2) is 0 Å². The van der Waals surface area contributed by atoms with Crippen molar-refractivity contribution >= 4 is 0 Å². The Morgan fingerprint density at radius 1 is 1.50 bits per heavy atom. The van der Waals surface area contributed by atoms with Crippen LogP contribution in [0.2, 0.25) is 0 Å². The fraction of sp³-hybridized carbons (Fsp3) is 0.500. The zero-order valence-corrected chi connectivity index (χ0v) is 8.02. The van der Waals surface area contributed by atoms with Crippen LogP contribution >= 0.6 is 0 Å². The summed E-state index contributed by atoms with van der Waals surface area (Å²) in [6, 6.07) is 4.09. The van der Waals surface area contributed by atoms with Crippen LogP contribution in [-0.4, -0.2) is 30.8 Å². The second kappa shape index (κ2) is 4.50. The first kappa shape index (κ1) is 9.58. The average Bonchev–Trinajstić information content (AvgIpc) is 2.30. The zero-order chi connectivity index (χ0) is 9.80. The van der Waals surface area contributed by atoms with Gasteiger partial charge < -0.3 is 15.8 Å². The lowest BCUT2D eigenvalue weighted by molar-refractivity contribution is 0.0685. The van der Waals surface area contributed by atoms with Gasteiger partial charge in [0.05, 0.1) is 13.2 Å². The molecule has 14 heavy (non-hydrogen) atoms. The van der Waals surface area contributed by atoms with E-state index in [1.807, 2.05) is 12.1 Å². The highest BCUT2D eigenvalue weighted by Gasteiger charge is 2.21. The van der Waals surface area contributed by atoms with Crippen molar-refractivity contribution in [3.63, 3.8) is 0 Å². The molecule has 1 aliphatic rings. The third kappa shape index (κ3) is 2.09. The molecule has 0 aliphatic carbocycles. The number of morpholine rings is 1. The van der Waals surface area contributed by atoms with Gasteiger partial charge in [0.2, 0.25) is 0 Å². The van der Waals surface area contributed by atoms with Crippen molar-refractivity contribution < 1.29 is 4.74 Å². The maximum atomic E-state index is 6.10. The molecule has 0 amide bonds. The number of rotatable bonds is 2. The first-order valence-electron chi connectivity index (χ1n) is 4.84. The quantitative estimate of drug-likeness (QED) is 0.698. The number of nitrogens with two attached hydrogens (primary N) is 1. The number of hydrogen-bond acceptors (Lipinski definition) is 4. The number of ether oxygens (including phenoxy) is 1. The van der Waals surface area contributed by atoms with Crippen molar-refractivity contribution in [1.29, 1.82) is 0 Å². The Kier molecular flexibility index (Phi) is 3.08. The summed E-state index contributed by atoms with van der Waals surface area (Å²) in [4.78, 5) is 3.97. The molecule has 4 nitrogen and oxygen atoms in total. The van der Waals surface area contributed by atoms with Crippen LogP contribution in [0.25, 0.3) is 0 Å². The molecule has 1 aliphatic heterocycles. The van der Waals surface area contributed by atoms with E-state index in [1.165, 1.54) is 0 Å². The molecule has 0 aromatic carbocycles. The Morgan fingerprint density at radius 2 is 2.29 bits per heavy atom. The summed E-state index contributed by atoms with van der Waals surface area (Å²) in [5.74, 6) is 0. The Bertz CT molecular complexity index is 272. The highest BCUT2D eigenvalue weighted by Crippen LogP contribution is 2.14. The van der Waals surface area contributed by atoms with Gasteiger partial charge >= 0.3 is 0 Å². The standard InChI is InChI=1S/C10H15N3O/c11-10(8-1-3-12-4-2-8)9-7-14-6-5-13-9/h1-4,9-10,13H,5-7,11H2. The van der Waals surface area contributed by atoms with Crippen molar-refractivity contribution in [3.8, 4) is 0 Å². The molecule has 0 spiro atoms. The fourth-order valence-corrected chi connectivity index (χ4v) is 1.63. The van der Waals surface area contributed by atoms with Crippen LogP contribution in [0.15, 0.2) is 24.5 Å². The van der Waals surface area contributed by atoms with Gasteiger partial charge in [-0.2, -0.15) is 0 Å². The third-order valence-corrected chi connectivity index (χ3v) is 2.47. The van der Waals surface area contributed by atoms with Gasteiger partial charge in [-0.1, -0.05) is 0 Å². The number of nitrogens with one attached hydrogen (secondary N) is 1. The lowest BCUT2D eigenvalue weighted by Gasteiger charge is -2.29. The summed E-state index contributed by atoms with van der Waals surface area (Å²) < 4.78 is 5.37. The van der Waals surface area contributed by atoms with Gasteiger partial charge in [0.25, 0.3) is 0 Å². The topological polar surface area (TPSA) is 60.2 Å². The maximum absolute atomic E-state index is 6.10. The van der Waals surface area contributed by atoms with Gasteiger partial charge in [-0.05, 0) is 17.7 Å². The summed E-state index contributed by atoms with van der Waals surface area (Å²) in [6.45, 7) is 2.34. The van der Waals surface area contributed by atoms with E-state index in [2.05, 4.69) is 10.3 Å². The number of pyridine rings is 1. The van der Waals surface area contributed by atoms with Gasteiger partial charge in [-0.25, -0.2) is 0 Å². The minimum absolute atomic E-state index is 0.0155. The largest absolute Gasteiger partial charge is 0.378 e. The zero-order valence-electron chi connectivity index (χ0n) is 8.02. The van der Waals surface area contributed by atoms with E-state index in [4.69, 9.17) is 10.5 Å². The lowest BCUT2D eigenvalue weighted by Crippen LogP contribution is -2.47. The maximum Gasteiger partial charge on any atom is 0.0638 e. The molecule has 1 fully saturated rings. The van der Waals surface area contributed by atoms with E-state index < -0.39 is 0 Å². The predicted molar refractivity (Wildman–Crippen MR) is 53.8 cm³/mol. The molecular formula is C10H15N3O. The van der Waals surface area contributed by atoms with Gasteiger partial charge in [-0.3, -0.25) is 4.98 Å². The molecule has 0 saturated carbocycles. The molecule has 0 radical (unpaired) electrons. The van der Waals surface area contributed by atoms with Crippen molar-refractivity contribution in [1.82, 2.24) is 10.3 Å². The number of aromatic nitrogens is 1. The molecule has 4 heteroatoms. The molecule has 1 saturated heterocycles. The Hall–Kier alpha value is -0.970. The van der Waals surface area contributed by atoms with Crippen molar-refractivity contribution in [2.45, 2.75) is 12.1 Å². The van der Waals surface area contributed by atoms with E-state index in [1.54, 1.807) is 12.4 Å². The molecular weight excluding hydrogens is 178 g/mol. The van der Waals surface area contributed by atoms with Crippen LogP contribution < -0.4 is 11.1 Å². The molecule has 2 atom stereocenters. The average molecular weight is 193 g/mol. The van der Waals surface area contributed by atoms with E-state index in [-0.39, 0.29) is 12.1 Å². The lowest BCUT2D eigenvalue weighted by atomic mass is 10.0. The Labute approximate surface area is 83.5 Å². The van der Waals surface area contributed by atoms with E-state index in [0.717, 1.165) is 18.7 Å². The molecule has 2 rings (SSSR count). The smallest absolute Gasteiger partial charge is 0.0638 e. The normalized spacial score (nSPS) is 24.5. The minimum atomic E-state index is -0.0155. The van der Waals surface area contributed by atoms with Crippen LogP contribution in [-0.2, 0) is 4.74 Å². The van der Waals surface area contributed by atoms with Crippen molar-refractivity contribution in [2.24, 2.45) is 5.73 Å². The Morgan fingerprint density at radius 3 is 2.93 bits per heavy atom. The van der Waals surface area contributed by atoms with Crippen LogP contribution in [0, 0.1) is 0 Å². The van der Waals surface area contributed by atoms with Gasteiger partial charge in [0.1, 0.15) is 0 Å². The van der Waals surface area contributed by atoms with Crippen molar-refractivity contribution in [3.05, 3.63) is 30.1 Å². The molecule has 76 valence electrons. The van der Waals surface area contributed by atoms with Gasteiger partial charge in [-0.15, -0.1) is 0 Å². The molecule has 2 heterocycles. The van der Waals surface area contributed by atoms with E-state index >= 15 is 0 Å². The summed E-state index contributed by atoms with van der Waals surface area (Å²) in [5, 5.41) is 3.35. The van der Waals surface area contributed by atoms with Crippen LogP contribution in [0.5, 0.6) is 0 Å². The second-order valence-corrected chi connectivity index (χ2v) is 3.44. The van der Waals surface area contributed by atoms with E-state index in [0.29, 0.717) is 6.61 Å². The third-order valence-electron chi connectivity index (χ3n) is 2.47. The molecule has 3 N–H and O–H groups in total. The summed E-state index contributed by atoms with van der Waals surface area (Å²) >= 11 is 0. The van der Waals surface area contributed by atoms with Crippen LogP contribution in [0.1, 0.15) is 11.6 Å². The Balaban J connectivity index is 2.03. The molecule has 0 bridgehead atoms. The molecule has 1 aromatic heterocycles. The SMILES string of the molecule is NC(c1ccncc1)C1COCCN1. The van der Waals surface area contributed by atoms with E-state index in [9.17, 15) is 0 Å². The number of nitrogens with zero attached hydrogens (tertiary/aromatic N) is 1. The first-order chi connectivity index (χ1) is 6.88. The highest BCUT2D eigenvalue weighted by molar-refractivity contribution is 5.16. The first-order valence-corrected chi connectivity index (χ1v) is 4.84. The summed E-state index contributed by atoms with van der Waals surface area (Å²) in [6.07, 6.45) is 3.53. The van der Waals surface area contributed by atoms with Crippen LogP contribution in [0.3, 0.4) is 0 Å². The minimum Gasteiger partial charge on any atom is -0.378 e. The van der Waals surface area contributed by atoms with Crippen molar-refractivity contribution in [2.75, 3.05) is 19.8 Å². The van der Waals surface area contributed by atoms with Gasteiger partial charge in [0, 0.05) is 31.0 Å². The van der Waals surface area contributed by atoms with Crippen LogP contribution in [0.4, 0.5) is 0 Å². The fourth-order valence-electron chi connectivity index (χ4n) is 1.63. The second-order valence-electron chi connectivity index (χ2n) is 3.44. The molecule has 2 unspecified atom stereocenters. The summed E-state index contributed by atoms with van der Waals surface area (Å²) in [7, 11) is 0. The molecule has 1 aromatic rings. The highest BCUT2D eigenvalue weighted by atomic mass is 16.5.